The van der Waals surface area contributed by atoms with Gasteiger partial charge in [0.05, 0.1) is 17.1 Å². The third-order valence-corrected chi connectivity index (χ3v) is 3.69. The van der Waals surface area contributed by atoms with Gasteiger partial charge in [-0.25, -0.2) is 4.79 Å². The number of anilines is 1. The van der Waals surface area contributed by atoms with Crippen molar-refractivity contribution in [2.24, 2.45) is 0 Å². The minimum Gasteiger partial charge on any atom is -0.464 e. The highest BCUT2D eigenvalue weighted by atomic mass is 16.6. The van der Waals surface area contributed by atoms with Gasteiger partial charge in [-0.3, -0.25) is 14.9 Å². The Hall–Kier alpha value is -3.42. The molecule has 0 radical (unpaired) electrons. The fourth-order valence-electron chi connectivity index (χ4n) is 2.46. The molecule has 8 heteroatoms. The Labute approximate surface area is 150 Å². The molecule has 1 unspecified atom stereocenters. The van der Waals surface area contributed by atoms with Crippen LogP contribution < -0.4 is 11.1 Å². The van der Waals surface area contributed by atoms with Crippen LogP contribution in [-0.4, -0.2) is 29.4 Å². The van der Waals surface area contributed by atoms with Crippen molar-refractivity contribution in [2.45, 2.75) is 19.4 Å². The summed E-state index contributed by atoms with van der Waals surface area (Å²) in [6.07, 6.45) is -0.0749. The summed E-state index contributed by atoms with van der Waals surface area (Å²) in [4.78, 5) is 35.3. The molecule has 1 amide bonds. The second-order valence-corrected chi connectivity index (χ2v) is 5.46. The summed E-state index contributed by atoms with van der Waals surface area (Å²) in [5.74, 6) is -1.23. The number of nitrogen functional groups attached to an aromatic ring is 1. The first-order valence-electron chi connectivity index (χ1n) is 7.98. The minimum absolute atomic E-state index is 0.0749. The number of hydrogen-bond acceptors (Lipinski definition) is 6. The molecule has 0 aromatic heterocycles. The third kappa shape index (κ3) is 4.56. The van der Waals surface area contributed by atoms with Crippen molar-refractivity contribution < 1.29 is 19.2 Å². The van der Waals surface area contributed by atoms with Gasteiger partial charge in [-0.05, 0) is 19.1 Å². The zero-order chi connectivity index (χ0) is 19.1. The Kier molecular flexibility index (Phi) is 6.26. The number of nitrogens with zero attached hydrogens (tertiary/aromatic N) is 1. The van der Waals surface area contributed by atoms with Crippen molar-refractivity contribution in [3.05, 3.63) is 69.8 Å². The maximum Gasteiger partial charge on any atom is 0.328 e. The molecule has 8 nitrogen and oxygen atoms in total. The van der Waals surface area contributed by atoms with Crippen molar-refractivity contribution in [2.75, 3.05) is 12.3 Å². The molecule has 26 heavy (non-hydrogen) atoms. The predicted molar refractivity (Wildman–Crippen MR) is 95.5 cm³/mol. The molecular formula is C18H19N3O5. The van der Waals surface area contributed by atoms with Crippen molar-refractivity contribution in [1.29, 1.82) is 0 Å². The van der Waals surface area contributed by atoms with E-state index in [9.17, 15) is 19.7 Å². The first-order chi connectivity index (χ1) is 12.4. The van der Waals surface area contributed by atoms with Gasteiger partial charge >= 0.3 is 5.97 Å². The largest absolute Gasteiger partial charge is 0.464 e. The van der Waals surface area contributed by atoms with Gasteiger partial charge in [0.15, 0.2) is 0 Å². The molecule has 0 saturated carbocycles. The number of ether oxygens (including phenoxy) is 1. The van der Waals surface area contributed by atoms with Crippen LogP contribution in [0.3, 0.4) is 0 Å². The topological polar surface area (TPSA) is 125 Å². The van der Waals surface area contributed by atoms with E-state index in [0.29, 0.717) is 5.56 Å². The first-order valence-corrected chi connectivity index (χ1v) is 7.98. The molecule has 0 bridgehead atoms. The van der Waals surface area contributed by atoms with Crippen LogP contribution in [0, 0.1) is 10.1 Å². The molecule has 0 aliphatic carbocycles. The highest BCUT2D eigenvalue weighted by molar-refractivity contribution is 6.01. The van der Waals surface area contributed by atoms with Crippen LogP contribution >= 0.6 is 0 Å². The monoisotopic (exact) mass is 357 g/mol. The van der Waals surface area contributed by atoms with E-state index in [1.54, 1.807) is 31.2 Å². The Bertz CT molecular complexity index is 822. The Morgan fingerprint density at radius 1 is 1.19 bits per heavy atom. The van der Waals surface area contributed by atoms with Crippen molar-refractivity contribution in [1.82, 2.24) is 5.32 Å². The zero-order valence-electron chi connectivity index (χ0n) is 14.2. The lowest BCUT2D eigenvalue weighted by Gasteiger charge is -2.18. The number of nitrogens with two attached hydrogens (primary N) is 1. The molecule has 0 heterocycles. The fourth-order valence-corrected chi connectivity index (χ4v) is 2.46. The van der Waals surface area contributed by atoms with E-state index in [0.717, 1.165) is 0 Å². The number of benzene rings is 2. The minimum atomic E-state index is -1.08. The molecule has 3 N–H and O–H groups in total. The summed E-state index contributed by atoms with van der Waals surface area (Å²) in [7, 11) is 0. The van der Waals surface area contributed by atoms with Gasteiger partial charge in [-0.15, -0.1) is 0 Å². The van der Waals surface area contributed by atoms with Crippen molar-refractivity contribution in [3.63, 3.8) is 0 Å². The van der Waals surface area contributed by atoms with Crippen LogP contribution in [0.5, 0.6) is 0 Å². The number of nitro benzene ring substituents is 1. The number of hydrogen-bond donors (Lipinski definition) is 2. The average Bonchev–Trinajstić information content (AvgIpc) is 2.62. The Morgan fingerprint density at radius 3 is 2.50 bits per heavy atom. The van der Waals surface area contributed by atoms with E-state index < -0.39 is 22.8 Å². The van der Waals surface area contributed by atoms with Crippen LogP contribution in [0.4, 0.5) is 11.4 Å². The van der Waals surface area contributed by atoms with Gasteiger partial charge in [-0.2, -0.15) is 0 Å². The second-order valence-electron chi connectivity index (χ2n) is 5.46. The molecule has 2 aromatic carbocycles. The van der Waals surface area contributed by atoms with Crippen molar-refractivity contribution >= 4 is 23.3 Å². The predicted octanol–water partition coefficient (Wildman–Crippen LogP) is 2.08. The third-order valence-electron chi connectivity index (χ3n) is 3.69. The zero-order valence-corrected chi connectivity index (χ0v) is 14.2. The number of para-hydroxylation sites is 2. The summed E-state index contributed by atoms with van der Waals surface area (Å²) < 4.78 is 4.99. The summed E-state index contributed by atoms with van der Waals surface area (Å²) in [5.41, 5.74) is 6.44. The van der Waals surface area contributed by atoms with E-state index in [1.807, 2.05) is 0 Å². The van der Waals surface area contributed by atoms with Crippen LogP contribution in [0.25, 0.3) is 0 Å². The molecule has 0 aliphatic rings. The number of amides is 1. The molecular weight excluding hydrogens is 338 g/mol. The second kappa shape index (κ2) is 8.61. The standard InChI is InChI=1S/C18H19N3O5/c1-2-26-18(23)15(11-12-7-3-6-10-16(12)21(24)25)20-17(22)13-8-4-5-9-14(13)19/h3-10,15H,2,11,19H2,1H3,(H,20,22). The van der Waals surface area contributed by atoms with E-state index in [4.69, 9.17) is 10.5 Å². The van der Waals surface area contributed by atoms with Crippen LogP contribution in [0.15, 0.2) is 48.5 Å². The average molecular weight is 357 g/mol. The smallest absolute Gasteiger partial charge is 0.328 e. The highest BCUT2D eigenvalue weighted by Gasteiger charge is 2.26. The van der Waals surface area contributed by atoms with Gasteiger partial charge in [0.1, 0.15) is 6.04 Å². The van der Waals surface area contributed by atoms with E-state index in [2.05, 4.69) is 5.32 Å². The molecule has 0 saturated heterocycles. The number of nitrogens with one attached hydrogen (secondary N) is 1. The molecule has 0 fully saturated rings. The lowest BCUT2D eigenvalue weighted by atomic mass is 10.0. The number of nitro groups is 1. The van der Waals surface area contributed by atoms with E-state index in [-0.39, 0.29) is 30.0 Å². The quantitative estimate of drug-likeness (QED) is 0.338. The molecule has 136 valence electrons. The van der Waals surface area contributed by atoms with Gasteiger partial charge in [0, 0.05) is 23.7 Å². The van der Waals surface area contributed by atoms with Gasteiger partial charge < -0.3 is 15.8 Å². The van der Waals surface area contributed by atoms with Gasteiger partial charge in [0.25, 0.3) is 11.6 Å². The molecule has 0 aliphatic heterocycles. The summed E-state index contributed by atoms with van der Waals surface area (Å²) >= 11 is 0. The number of carbonyl (C=O) groups excluding carboxylic acids is 2. The highest BCUT2D eigenvalue weighted by Crippen LogP contribution is 2.20. The van der Waals surface area contributed by atoms with Crippen LogP contribution in [-0.2, 0) is 16.0 Å². The summed E-state index contributed by atoms with van der Waals surface area (Å²) in [6, 6.07) is 11.4. The SMILES string of the molecule is CCOC(=O)C(Cc1ccccc1[N+](=O)[O-])NC(=O)c1ccccc1N. The van der Waals surface area contributed by atoms with Gasteiger partial charge in [0.2, 0.25) is 0 Å². The first kappa shape index (κ1) is 18.9. The number of esters is 1. The molecule has 2 rings (SSSR count). The fraction of sp³-hybridized carbons (Fsp3) is 0.222. The normalized spacial score (nSPS) is 11.4. The van der Waals surface area contributed by atoms with E-state index in [1.165, 1.54) is 24.3 Å². The maximum absolute atomic E-state index is 12.5. The van der Waals surface area contributed by atoms with E-state index >= 15 is 0 Å². The molecule has 0 spiro atoms. The number of rotatable bonds is 7. The van der Waals surface area contributed by atoms with Crippen molar-refractivity contribution in [3.8, 4) is 0 Å². The molecule has 2 aromatic rings. The summed E-state index contributed by atoms with van der Waals surface area (Å²) in [5, 5.41) is 13.7. The molecule has 1 atom stereocenters. The van der Waals surface area contributed by atoms with Crippen LogP contribution in [0.1, 0.15) is 22.8 Å². The van der Waals surface area contributed by atoms with Gasteiger partial charge in [-0.1, -0.05) is 30.3 Å². The Balaban J connectivity index is 2.27. The lowest BCUT2D eigenvalue weighted by Crippen LogP contribution is -2.43. The Morgan fingerprint density at radius 2 is 1.85 bits per heavy atom. The maximum atomic E-state index is 12.5. The number of carbonyl (C=O) groups is 2. The lowest BCUT2D eigenvalue weighted by molar-refractivity contribution is -0.385. The van der Waals surface area contributed by atoms with Crippen LogP contribution in [0.2, 0.25) is 0 Å². The summed E-state index contributed by atoms with van der Waals surface area (Å²) in [6.45, 7) is 1.76.